The number of methoxy groups -OCH3 is 1. The van der Waals surface area contributed by atoms with Crippen LogP contribution in [0.4, 0.5) is 4.39 Å². The van der Waals surface area contributed by atoms with Crippen molar-refractivity contribution in [1.29, 1.82) is 0 Å². The van der Waals surface area contributed by atoms with Gasteiger partial charge in [-0.3, -0.25) is 4.79 Å². The van der Waals surface area contributed by atoms with Crippen molar-refractivity contribution < 1.29 is 13.9 Å². The highest BCUT2D eigenvalue weighted by atomic mass is 19.1. The van der Waals surface area contributed by atoms with Crippen LogP contribution in [-0.2, 0) is 6.54 Å². The number of nitrogens with one attached hydrogen (secondary N) is 1. The molecule has 0 aliphatic carbocycles. The van der Waals surface area contributed by atoms with E-state index in [-0.39, 0.29) is 12.5 Å². The zero-order chi connectivity index (χ0) is 24.2. The molecule has 0 saturated heterocycles. The van der Waals surface area contributed by atoms with Crippen LogP contribution in [0.2, 0.25) is 0 Å². The van der Waals surface area contributed by atoms with Gasteiger partial charge in [-0.05, 0) is 42.0 Å². The Morgan fingerprint density at radius 1 is 1.06 bits per heavy atom. The number of para-hydroxylation sites is 1. The Morgan fingerprint density at radius 2 is 1.91 bits per heavy atom. The van der Waals surface area contributed by atoms with Crippen molar-refractivity contribution in [3.05, 3.63) is 115 Å². The lowest BCUT2D eigenvalue weighted by Gasteiger charge is -2.09. The average molecular weight is 468 g/mol. The number of halogens is 1. The van der Waals surface area contributed by atoms with E-state index in [4.69, 9.17) is 4.74 Å². The Hall–Kier alpha value is -4.72. The second-order valence-corrected chi connectivity index (χ2v) is 7.84. The summed E-state index contributed by atoms with van der Waals surface area (Å²) in [6.45, 7) is 0.161. The number of rotatable bonds is 7. The van der Waals surface area contributed by atoms with Gasteiger partial charge in [-0.25, -0.2) is 14.1 Å². The zero-order valence-electron chi connectivity index (χ0n) is 18.9. The molecule has 5 aromatic rings. The fraction of sp³-hybridized carbons (Fsp3) is 0.0741. The van der Waals surface area contributed by atoms with Crippen molar-refractivity contribution in [3.63, 3.8) is 0 Å². The summed E-state index contributed by atoms with van der Waals surface area (Å²) in [7, 11) is 1.59. The fourth-order valence-corrected chi connectivity index (χ4v) is 3.79. The molecule has 0 atom stereocenters. The van der Waals surface area contributed by atoms with Crippen molar-refractivity contribution in [2.24, 2.45) is 0 Å². The summed E-state index contributed by atoms with van der Waals surface area (Å²) in [5, 5.41) is 7.58. The number of carbonyl (C=O) groups excluding carboxylic acids is 1. The van der Waals surface area contributed by atoms with Crippen LogP contribution in [0.1, 0.15) is 15.9 Å². The van der Waals surface area contributed by atoms with Crippen LogP contribution < -0.4 is 10.1 Å². The normalized spacial score (nSPS) is 10.8. The number of aromatic nitrogens is 4. The molecule has 5 rings (SSSR count). The predicted molar refractivity (Wildman–Crippen MR) is 130 cm³/mol. The number of nitrogens with zero attached hydrogens (tertiary/aromatic N) is 4. The van der Waals surface area contributed by atoms with Gasteiger partial charge < -0.3 is 14.6 Å². The number of carbonyl (C=O) groups is 1. The number of ether oxygens (including phenoxy) is 1. The van der Waals surface area contributed by atoms with Crippen LogP contribution >= 0.6 is 0 Å². The van der Waals surface area contributed by atoms with Gasteiger partial charge in [-0.1, -0.05) is 36.4 Å². The van der Waals surface area contributed by atoms with Gasteiger partial charge in [0.05, 0.1) is 30.4 Å². The van der Waals surface area contributed by atoms with Crippen LogP contribution in [-0.4, -0.2) is 32.3 Å². The SMILES string of the molecule is COc1cccc(-c2nn(-c3ccccc3)cc2C(=O)NCc2ccc(-n3ccnc3)c(F)c2)c1. The van der Waals surface area contributed by atoms with Crippen molar-refractivity contribution >= 4 is 5.91 Å². The van der Waals surface area contributed by atoms with E-state index in [1.807, 2.05) is 54.6 Å². The summed E-state index contributed by atoms with van der Waals surface area (Å²) < 4.78 is 23.2. The molecule has 3 aromatic carbocycles. The summed E-state index contributed by atoms with van der Waals surface area (Å²) in [6, 6.07) is 21.8. The van der Waals surface area contributed by atoms with Gasteiger partial charge in [0.1, 0.15) is 17.3 Å². The quantitative estimate of drug-likeness (QED) is 0.373. The van der Waals surface area contributed by atoms with E-state index < -0.39 is 5.82 Å². The summed E-state index contributed by atoms with van der Waals surface area (Å²) >= 11 is 0. The standard InChI is InChI=1S/C27H22FN5O2/c1-35-22-9-5-6-20(15-22)26-23(17-33(31-26)21-7-3-2-4-8-21)27(34)30-16-19-10-11-25(24(28)14-19)32-13-12-29-18-32/h2-15,17-18H,16H2,1H3,(H,30,34). The smallest absolute Gasteiger partial charge is 0.255 e. The molecule has 174 valence electrons. The summed E-state index contributed by atoms with van der Waals surface area (Å²) in [5.41, 5.74) is 3.53. The van der Waals surface area contributed by atoms with Gasteiger partial charge in [0.2, 0.25) is 0 Å². The molecule has 0 saturated carbocycles. The summed E-state index contributed by atoms with van der Waals surface area (Å²) in [5.74, 6) is -0.0515. The number of hydrogen-bond donors (Lipinski definition) is 1. The van der Waals surface area contributed by atoms with Crippen LogP contribution in [0, 0.1) is 5.82 Å². The van der Waals surface area contributed by atoms with Crippen molar-refractivity contribution in [3.8, 4) is 28.4 Å². The molecule has 0 fully saturated rings. The van der Waals surface area contributed by atoms with E-state index in [9.17, 15) is 9.18 Å². The van der Waals surface area contributed by atoms with E-state index in [0.29, 0.717) is 28.3 Å². The molecule has 1 amide bonds. The first-order valence-electron chi connectivity index (χ1n) is 11.0. The molecular weight excluding hydrogens is 445 g/mol. The minimum absolute atomic E-state index is 0.161. The third-order valence-corrected chi connectivity index (χ3v) is 5.57. The van der Waals surface area contributed by atoms with Crippen LogP contribution in [0.5, 0.6) is 5.75 Å². The van der Waals surface area contributed by atoms with Gasteiger partial charge in [0, 0.05) is 30.7 Å². The topological polar surface area (TPSA) is 74.0 Å². The first-order valence-corrected chi connectivity index (χ1v) is 11.0. The number of benzene rings is 3. The minimum atomic E-state index is -0.399. The van der Waals surface area contributed by atoms with Crippen molar-refractivity contribution in [2.45, 2.75) is 6.54 Å². The van der Waals surface area contributed by atoms with E-state index >= 15 is 0 Å². The molecule has 7 nitrogen and oxygen atoms in total. The van der Waals surface area contributed by atoms with Crippen molar-refractivity contribution in [1.82, 2.24) is 24.6 Å². The molecule has 0 spiro atoms. The molecule has 2 aromatic heterocycles. The highest BCUT2D eigenvalue weighted by Gasteiger charge is 2.19. The zero-order valence-corrected chi connectivity index (χ0v) is 18.9. The first kappa shape index (κ1) is 22.1. The Labute approximate surface area is 201 Å². The molecule has 2 heterocycles. The maximum atomic E-state index is 14.6. The lowest BCUT2D eigenvalue weighted by Crippen LogP contribution is -2.23. The molecule has 8 heteroatoms. The monoisotopic (exact) mass is 467 g/mol. The molecule has 0 unspecified atom stereocenters. The molecule has 1 N–H and O–H groups in total. The molecule has 0 radical (unpaired) electrons. The van der Waals surface area contributed by atoms with Gasteiger partial charge in [0.25, 0.3) is 5.91 Å². The Bertz CT molecular complexity index is 1460. The summed E-state index contributed by atoms with van der Waals surface area (Å²) in [4.78, 5) is 17.2. The lowest BCUT2D eigenvalue weighted by atomic mass is 10.1. The van der Waals surface area contributed by atoms with E-state index in [1.165, 1.54) is 12.4 Å². The first-order chi connectivity index (χ1) is 17.1. The third-order valence-electron chi connectivity index (χ3n) is 5.57. The molecule has 0 aliphatic rings. The highest BCUT2D eigenvalue weighted by molar-refractivity contribution is 6.00. The van der Waals surface area contributed by atoms with Gasteiger partial charge in [-0.15, -0.1) is 0 Å². The molecule has 0 bridgehead atoms. The van der Waals surface area contributed by atoms with Gasteiger partial charge >= 0.3 is 0 Å². The highest BCUT2D eigenvalue weighted by Crippen LogP contribution is 2.27. The Morgan fingerprint density at radius 3 is 2.66 bits per heavy atom. The molecule has 0 aliphatic heterocycles. The minimum Gasteiger partial charge on any atom is -0.497 e. The van der Waals surface area contributed by atoms with Gasteiger partial charge in [-0.2, -0.15) is 5.10 Å². The number of imidazole rings is 1. The largest absolute Gasteiger partial charge is 0.497 e. The maximum absolute atomic E-state index is 14.6. The Kier molecular flexibility index (Phi) is 6.09. The van der Waals surface area contributed by atoms with Crippen molar-refractivity contribution in [2.75, 3.05) is 7.11 Å². The number of hydrogen-bond acceptors (Lipinski definition) is 4. The van der Waals surface area contributed by atoms with E-state index in [0.717, 1.165) is 11.3 Å². The number of amides is 1. The third kappa shape index (κ3) is 4.67. The van der Waals surface area contributed by atoms with Crippen LogP contribution in [0.15, 0.2) is 97.7 Å². The van der Waals surface area contributed by atoms with E-state index in [2.05, 4.69) is 15.4 Å². The molecular formula is C27H22FN5O2. The lowest BCUT2D eigenvalue weighted by molar-refractivity contribution is 0.0951. The second kappa shape index (κ2) is 9.64. The average Bonchev–Trinajstić information content (AvgIpc) is 3.59. The molecule has 35 heavy (non-hydrogen) atoms. The predicted octanol–water partition coefficient (Wildman–Crippen LogP) is 4.80. The van der Waals surface area contributed by atoms with Crippen LogP contribution in [0.3, 0.4) is 0 Å². The second-order valence-electron chi connectivity index (χ2n) is 7.84. The maximum Gasteiger partial charge on any atom is 0.255 e. The Balaban J connectivity index is 1.42. The fourth-order valence-electron chi connectivity index (χ4n) is 3.79. The van der Waals surface area contributed by atoms with Crippen LogP contribution in [0.25, 0.3) is 22.6 Å². The van der Waals surface area contributed by atoms with Gasteiger partial charge in [0.15, 0.2) is 0 Å². The summed E-state index contributed by atoms with van der Waals surface area (Å²) in [6.07, 6.45) is 6.49. The van der Waals surface area contributed by atoms with E-state index in [1.54, 1.807) is 47.1 Å².